The van der Waals surface area contributed by atoms with E-state index < -0.39 is 0 Å². The Morgan fingerprint density at radius 2 is 1.78 bits per heavy atom. The molecule has 3 aromatic carbocycles. The van der Waals surface area contributed by atoms with Crippen LogP contribution in [-0.4, -0.2) is 22.5 Å². The molecule has 0 unspecified atom stereocenters. The van der Waals surface area contributed by atoms with E-state index in [1.165, 1.54) is 23.9 Å². The number of benzene rings is 3. The van der Waals surface area contributed by atoms with Crippen molar-refractivity contribution in [2.24, 2.45) is 4.99 Å². The van der Waals surface area contributed by atoms with Crippen molar-refractivity contribution in [3.63, 3.8) is 0 Å². The molecule has 1 aliphatic rings. The first-order chi connectivity index (χ1) is 15.5. The number of ether oxygens (including phenoxy) is 1. The molecule has 0 spiro atoms. The summed E-state index contributed by atoms with van der Waals surface area (Å²) in [6.45, 7) is 2.69. The van der Waals surface area contributed by atoms with Crippen LogP contribution in [0.4, 0.5) is 10.1 Å². The van der Waals surface area contributed by atoms with E-state index in [4.69, 9.17) is 16.3 Å². The quantitative estimate of drug-likeness (QED) is 0.380. The van der Waals surface area contributed by atoms with Gasteiger partial charge in [-0.2, -0.15) is 0 Å². The van der Waals surface area contributed by atoms with E-state index in [9.17, 15) is 9.18 Å². The second-order valence-electron chi connectivity index (χ2n) is 6.95. The van der Waals surface area contributed by atoms with Crippen molar-refractivity contribution >= 4 is 46.2 Å². The van der Waals surface area contributed by atoms with Gasteiger partial charge in [0.15, 0.2) is 5.17 Å². The molecule has 0 N–H and O–H groups in total. The normalized spacial score (nSPS) is 16.2. The van der Waals surface area contributed by atoms with Crippen LogP contribution in [0.15, 0.2) is 82.7 Å². The maximum absolute atomic E-state index is 13.2. The summed E-state index contributed by atoms with van der Waals surface area (Å²) in [6.07, 6.45) is 1.81. The molecule has 1 fully saturated rings. The van der Waals surface area contributed by atoms with Crippen LogP contribution < -0.4 is 4.74 Å². The number of amides is 1. The van der Waals surface area contributed by atoms with Crippen molar-refractivity contribution in [3.8, 4) is 5.75 Å². The molecule has 3 aromatic rings. The molecular weight excluding hydrogens is 447 g/mol. The summed E-state index contributed by atoms with van der Waals surface area (Å²) in [5.74, 6) is 0.199. The number of thioether (sulfide) groups is 1. The Labute approximate surface area is 195 Å². The van der Waals surface area contributed by atoms with Crippen molar-refractivity contribution in [2.45, 2.75) is 13.5 Å². The van der Waals surface area contributed by atoms with Gasteiger partial charge in [0.25, 0.3) is 5.91 Å². The van der Waals surface area contributed by atoms with Crippen molar-refractivity contribution in [1.82, 2.24) is 4.90 Å². The summed E-state index contributed by atoms with van der Waals surface area (Å²) in [7, 11) is 0. The molecule has 0 bridgehead atoms. The number of aliphatic imine (C=N–C) groups is 1. The Hall–Kier alpha value is -3.09. The second kappa shape index (κ2) is 10.0. The number of para-hydroxylation sites is 1. The predicted octanol–water partition coefficient (Wildman–Crippen LogP) is 6.68. The molecule has 32 heavy (non-hydrogen) atoms. The smallest absolute Gasteiger partial charge is 0.266 e. The van der Waals surface area contributed by atoms with Gasteiger partial charge >= 0.3 is 0 Å². The minimum absolute atomic E-state index is 0.126. The summed E-state index contributed by atoms with van der Waals surface area (Å²) in [5, 5.41) is 1.20. The highest BCUT2D eigenvalue weighted by atomic mass is 35.5. The number of halogens is 2. The van der Waals surface area contributed by atoms with E-state index in [0.717, 1.165) is 11.1 Å². The Bertz CT molecular complexity index is 1190. The zero-order valence-corrected chi connectivity index (χ0v) is 18.9. The molecule has 1 aliphatic heterocycles. The van der Waals surface area contributed by atoms with Gasteiger partial charge in [-0.05, 0) is 61.2 Å². The first-order valence-corrected chi connectivity index (χ1v) is 11.3. The fourth-order valence-electron chi connectivity index (χ4n) is 3.14. The third-order valence-corrected chi connectivity index (χ3v) is 6.18. The summed E-state index contributed by atoms with van der Waals surface area (Å²) >= 11 is 7.52. The van der Waals surface area contributed by atoms with E-state index in [0.29, 0.717) is 39.7 Å². The van der Waals surface area contributed by atoms with Crippen LogP contribution in [0.3, 0.4) is 0 Å². The highest BCUT2D eigenvalue weighted by Crippen LogP contribution is 2.35. The number of likely N-dealkylation sites (N-methyl/N-ethyl adjacent to an activating group) is 1. The lowest BCUT2D eigenvalue weighted by Gasteiger charge is -2.12. The molecule has 0 aliphatic carbocycles. The lowest BCUT2D eigenvalue weighted by molar-refractivity contribution is -0.122. The lowest BCUT2D eigenvalue weighted by Crippen LogP contribution is -2.28. The van der Waals surface area contributed by atoms with Crippen LogP contribution in [0, 0.1) is 5.82 Å². The van der Waals surface area contributed by atoms with Gasteiger partial charge in [-0.1, -0.05) is 48.0 Å². The average Bonchev–Trinajstić information content (AvgIpc) is 3.09. The fraction of sp³-hybridized carbons (Fsp3) is 0.120. The zero-order chi connectivity index (χ0) is 22.5. The summed E-state index contributed by atoms with van der Waals surface area (Å²) < 4.78 is 19.2. The molecule has 0 radical (unpaired) electrons. The minimum atomic E-state index is -0.328. The summed E-state index contributed by atoms with van der Waals surface area (Å²) in [5.41, 5.74) is 2.26. The molecule has 0 saturated carbocycles. The van der Waals surface area contributed by atoms with E-state index in [-0.39, 0.29) is 11.7 Å². The SMILES string of the molecule is CCN1C(=O)/C(=C\c2ccccc2OCc2ccccc2Cl)SC1=Nc1ccc(F)cc1. The maximum atomic E-state index is 13.2. The summed E-state index contributed by atoms with van der Waals surface area (Å²) in [6, 6.07) is 20.9. The number of carbonyl (C=O) groups is 1. The Morgan fingerprint density at radius 1 is 1.06 bits per heavy atom. The van der Waals surface area contributed by atoms with E-state index >= 15 is 0 Å². The number of hydrogen-bond acceptors (Lipinski definition) is 4. The topological polar surface area (TPSA) is 41.9 Å². The highest BCUT2D eigenvalue weighted by molar-refractivity contribution is 8.18. The number of carbonyl (C=O) groups excluding carboxylic acids is 1. The first-order valence-electron chi connectivity index (χ1n) is 10.1. The second-order valence-corrected chi connectivity index (χ2v) is 8.37. The Kier molecular flexibility index (Phi) is 6.93. The molecule has 162 valence electrons. The highest BCUT2D eigenvalue weighted by Gasteiger charge is 2.32. The van der Waals surface area contributed by atoms with Gasteiger partial charge in [0.05, 0.1) is 10.6 Å². The molecule has 4 nitrogen and oxygen atoms in total. The van der Waals surface area contributed by atoms with Gasteiger partial charge in [0.1, 0.15) is 18.2 Å². The van der Waals surface area contributed by atoms with Crippen molar-refractivity contribution in [1.29, 1.82) is 0 Å². The number of hydrogen-bond donors (Lipinski definition) is 0. The van der Waals surface area contributed by atoms with Gasteiger partial charge in [0, 0.05) is 22.7 Å². The largest absolute Gasteiger partial charge is 0.488 e. The Balaban J connectivity index is 1.59. The van der Waals surface area contributed by atoms with Crippen LogP contribution in [0.5, 0.6) is 5.75 Å². The molecular formula is C25H20ClFN2O2S. The lowest BCUT2D eigenvalue weighted by atomic mass is 10.1. The van der Waals surface area contributed by atoms with Crippen LogP contribution in [-0.2, 0) is 11.4 Å². The van der Waals surface area contributed by atoms with Crippen LogP contribution >= 0.6 is 23.4 Å². The van der Waals surface area contributed by atoms with Gasteiger partial charge in [-0.15, -0.1) is 0 Å². The van der Waals surface area contributed by atoms with Gasteiger partial charge in [0.2, 0.25) is 0 Å². The Morgan fingerprint density at radius 3 is 2.53 bits per heavy atom. The molecule has 1 amide bonds. The minimum Gasteiger partial charge on any atom is -0.488 e. The zero-order valence-electron chi connectivity index (χ0n) is 17.3. The molecule has 0 aromatic heterocycles. The van der Waals surface area contributed by atoms with E-state index in [1.807, 2.05) is 61.5 Å². The molecule has 4 rings (SSSR count). The predicted molar refractivity (Wildman–Crippen MR) is 129 cm³/mol. The van der Waals surface area contributed by atoms with E-state index in [2.05, 4.69) is 4.99 Å². The molecule has 1 saturated heterocycles. The third-order valence-electron chi connectivity index (χ3n) is 4.80. The summed E-state index contributed by atoms with van der Waals surface area (Å²) in [4.78, 5) is 19.6. The van der Waals surface area contributed by atoms with Gasteiger partial charge in [-0.25, -0.2) is 9.38 Å². The van der Waals surface area contributed by atoms with Crippen molar-refractivity contribution in [3.05, 3.63) is 99.7 Å². The molecule has 1 heterocycles. The number of nitrogens with zero attached hydrogens (tertiary/aromatic N) is 2. The third kappa shape index (κ3) is 5.03. The maximum Gasteiger partial charge on any atom is 0.266 e. The van der Waals surface area contributed by atoms with Crippen LogP contribution in [0.25, 0.3) is 6.08 Å². The van der Waals surface area contributed by atoms with Crippen molar-refractivity contribution in [2.75, 3.05) is 6.54 Å². The van der Waals surface area contributed by atoms with Gasteiger partial charge < -0.3 is 4.74 Å². The fourth-order valence-corrected chi connectivity index (χ4v) is 4.38. The molecule has 7 heteroatoms. The molecule has 0 atom stereocenters. The first kappa shape index (κ1) is 22.1. The number of rotatable bonds is 6. The van der Waals surface area contributed by atoms with Crippen molar-refractivity contribution < 1.29 is 13.9 Å². The standard InChI is InChI=1S/C25H20ClFN2O2S/c1-2-29-24(30)23(32-25(29)28-20-13-11-19(27)12-14-20)15-17-7-4-6-10-22(17)31-16-18-8-3-5-9-21(18)26/h3-15H,2,16H2,1H3/b23-15+,28-25?. The van der Waals surface area contributed by atoms with E-state index in [1.54, 1.807) is 17.0 Å². The van der Waals surface area contributed by atoms with Gasteiger partial charge in [-0.3, -0.25) is 9.69 Å². The number of amidine groups is 1. The monoisotopic (exact) mass is 466 g/mol. The average molecular weight is 467 g/mol. The van der Waals surface area contributed by atoms with Crippen LogP contribution in [0.2, 0.25) is 5.02 Å². The van der Waals surface area contributed by atoms with Crippen LogP contribution in [0.1, 0.15) is 18.1 Å².